The van der Waals surface area contributed by atoms with Crippen molar-refractivity contribution in [3.63, 3.8) is 0 Å². The summed E-state index contributed by atoms with van der Waals surface area (Å²) in [4.78, 5) is 30.5. The van der Waals surface area contributed by atoms with Crippen molar-refractivity contribution >= 4 is 23.2 Å². The molecule has 236 valence electrons. The van der Waals surface area contributed by atoms with E-state index in [4.69, 9.17) is 0 Å². The minimum Gasteiger partial charge on any atom is -0.433 e. The predicted molar refractivity (Wildman–Crippen MR) is 131 cm³/mol. The maximum absolute atomic E-state index is 15.7. The van der Waals surface area contributed by atoms with Crippen LogP contribution in [0.4, 0.5) is 59.7 Å². The molecule has 4 rings (SSSR count). The van der Waals surface area contributed by atoms with E-state index < -0.39 is 76.5 Å². The molecule has 0 bridgehead atoms. The van der Waals surface area contributed by atoms with Crippen LogP contribution in [0.3, 0.4) is 0 Å². The van der Waals surface area contributed by atoms with Gasteiger partial charge in [-0.2, -0.15) is 39.5 Å². The van der Waals surface area contributed by atoms with E-state index in [-0.39, 0.29) is 36.2 Å². The predicted octanol–water partition coefficient (Wildman–Crippen LogP) is 7.56. The first-order valence-corrected chi connectivity index (χ1v) is 12.4. The molecule has 0 saturated heterocycles. The highest BCUT2D eigenvalue weighted by Gasteiger charge is 2.73. The highest BCUT2D eigenvalue weighted by Crippen LogP contribution is 2.54. The number of nitrogens with one attached hydrogen (secondary N) is 1. The molecular weight excluding hydrogens is 623 g/mol. The molecule has 0 spiro atoms. The van der Waals surface area contributed by atoms with Crippen molar-refractivity contribution in [2.24, 2.45) is 5.92 Å². The lowest BCUT2D eigenvalue weighted by Crippen LogP contribution is -2.50. The van der Waals surface area contributed by atoms with E-state index in [0.29, 0.717) is 12.8 Å². The molecule has 0 unspecified atom stereocenters. The third-order valence-corrected chi connectivity index (χ3v) is 6.50. The number of aromatic nitrogens is 1. The molecule has 1 N–H and O–H groups in total. The SMILES string of the molecule is O=C(Nc1ccc(C(F)(C(F)(F)F)C(F)(F)F)cc1OC(F)F)c1cccc(N(CC2CC2)C(=O)c2ccc(F)nc2)c1F. The van der Waals surface area contributed by atoms with E-state index in [0.717, 1.165) is 41.4 Å². The molecule has 17 heteroatoms. The Morgan fingerprint density at radius 3 is 2.16 bits per heavy atom. The topological polar surface area (TPSA) is 71.5 Å². The summed E-state index contributed by atoms with van der Waals surface area (Å²) in [5.41, 5.74) is -10.5. The van der Waals surface area contributed by atoms with Gasteiger partial charge < -0.3 is 15.0 Å². The number of halogens is 11. The van der Waals surface area contributed by atoms with Crippen LogP contribution in [0.5, 0.6) is 5.75 Å². The van der Waals surface area contributed by atoms with Gasteiger partial charge in [-0.1, -0.05) is 12.1 Å². The maximum Gasteiger partial charge on any atom is 0.435 e. The van der Waals surface area contributed by atoms with Gasteiger partial charge in [0.2, 0.25) is 5.95 Å². The number of pyridine rings is 1. The van der Waals surface area contributed by atoms with Crippen LogP contribution in [0.1, 0.15) is 39.1 Å². The fourth-order valence-corrected chi connectivity index (χ4v) is 4.12. The number of hydrogen-bond donors (Lipinski definition) is 1. The van der Waals surface area contributed by atoms with E-state index in [1.54, 1.807) is 0 Å². The van der Waals surface area contributed by atoms with Crippen molar-refractivity contribution in [2.45, 2.75) is 37.5 Å². The van der Waals surface area contributed by atoms with Gasteiger partial charge in [-0.3, -0.25) is 9.59 Å². The first kappa shape index (κ1) is 32.5. The average Bonchev–Trinajstić information content (AvgIpc) is 3.75. The molecule has 44 heavy (non-hydrogen) atoms. The molecule has 1 heterocycles. The number of nitrogens with zero attached hydrogens (tertiary/aromatic N) is 2. The molecule has 1 fully saturated rings. The highest BCUT2D eigenvalue weighted by molar-refractivity contribution is 6.09. The molecule has 1 saturated carbocycles. The van der Waals surface area contributed by atoms with Crippen molar-refractivity contribution < 1.29 is 62.6 Å². The minimum absolute atomic E-state index is 0.0184. The first-order valence-electron chi connectivity index (χ1n) is 12.4. The molecular formula is C27H18F11N3O3. The maximum atomic E-state index is 15.7. The van der Waals surface area contributed by atoms with Crippen LogP contribution in [0, 0.1) is 17.7 Å². The van der Waals surface area contributed by atoms with Crippen molar-refractivity contribution in [3.8, 4) is 5.75 Å². The fraction of sp³-hybridized carbons (Fsp3) is 0.296. The Kier molecular flexibility index (Phi) is 8.80. The van der Waals surface area contributed by atoms with Crippen molar-refractivity contribution in [1.29, 1.82) is 0 Å². The van der Waals surface area contributed by atoms with Gasteiger partial charge in [0.15, 0.2) is 5.82 Å². The van der Waals surface area contributed by atoms with Crippen LogP contribution >= 0.6 is 0 Å². The van der Waals surface area contributed by atoms with E-state index >= 15 is 4.39 Å². The molecule has 1 aromatic heterocycles. The lowest BCUT2D eigenvalue weighted by Gasteiger charge is -2.30. The molecule has 1 aliphatic carbocycles. The second-order valence-electron chi connectivity index (χ2n) is 9.56. The van der Waals surface area contributed by atoms with Crippen LogP contribution < -0.4 is 15.0 Å². The van der Waals surface area contributed by atoms with Crippen LogP contribution in [0.25, 0.3) is 0 Å². The Labute approximate surface area is 240 Å². The number of amides is 2. The standard InChI is InChI=1S/C27H18F11N3O3/c28-20-9-6-14(11-39-20)23(43)41(12-13-4-5-13)18-3-1-2-16(21(18)29)22(42)40-17-8-7-15(10-19(17)44-24(30)31)25(32,26(33,34)35)27(36,37)38/h1-3,6-11,13,24H,4-5,12H2,(H,40,42). The van der Waals surface area contributed by atoms with Gasteiger partial charge in [-0.15, -0.1) is 0 Å². The van der Waals surface area contributed by atoms with Crippen LogP contribution in [-0.4, -0.2) is 42.3 Å². The number of benzene rings is 2. The Balaban J connectivity index is 1.70. The molecule has 2 amide bonds. The average molecular weight is 641 g/mol. The summed E-state index contributed by atoms with van der Waals surface area (Å²) in [6.07, 6.45) is -10.9. The van der Waals surface area contributed by atoms with Gasteiger partial charge in [0.1, 0.15) is 5.75 Å². The van der Waals surface area contributed by atoms with Gasteiger partial charge in [0.05, 0.1) is 22.5 Å². The summed E-state index contributed by atoms with van der Waals surface area (Å²) in [5, 5.41) is 1.84. The number of rotatable bonds is 9. The molecule has 0 aliphatic heterocycles. The van der Waals surface area contributed by atoms with E-state index in [2.05, 4.69) is 9.72 Å². The smallest absolute Gasteiger partial charge is 0.433 e. The minimum atomic E-state index is -6.57. The second-order valence-corrected chi connectivity index (χ2v) is 9.56. The third-order valence-electron chi connectivity index (χ3n) is 6.50. The van der Waals surface area contributed by atoms with Crippen LogP contribution in [-0.2, 0) is 5.67 Å². The summed E-state index contributed by atoms with van der Waals surface area (Å²) in [5.74, 6) is -6.00. The second kappa shape index (κ2) is 11.9. The van der Waals surface area contributed by atoms with Crippen molar-refractivity contribution in [2.75, 3.05) is 16.8 Å². The Hall–Kier alpha value is -4.44. The summed E-state index contributed by atoms with van der Waals surface area (Å²) < 4.78 is 153. The number of hydrogen-bond acceptors (Lipinski definition) is 4. The summed E-state index contributed by atoms with van der Waals surface area (Å²) in [6, 6.07) is 4.99. The monoisotopic (exact) mass is 641 g/mol. The van der Waals surface area contributed by atoms with Crippen molar-refractivity contribution in [1.82, 2.24) is 4.98 Å². The number of alkyl halides is 9. The zero-order valence-electron chi connectivity index (χ0n) is 21.7. The summed E-state index contributed by atoms with van der Waals surface area (Å²) in [6.45, 7) is -3.87. The molecule has 6 nitrogen and oxygen atoms in total. The lowest BCUT2D eigenvalue weighted by atomic mass is 9.93. The zero-order valence-corrected chi connectivity index (χ0v) is 21.7. The molecule has 0 atom stereocenters. The number of anilines is 2. The van der Waals surface area contributed by atoms with Gasteiger partial charge >= 0.3 is 24.6 Å². The van der Waals surface area contributed by atoms with Gasteiger partial charge in [-0.05, 0) is 55.2 Å². The fourth-order valence-electron chi connectivity index (χ4n) is 4.12. The first-order chi connectivity index (χ1) is 20.4. The van der Waals surface area contributed by atoms with E-state index in [1.807, 2.05) is 5.32 Å². The zero-order chi connectivity index (χ0) is 32.6. The van der Waals surface area contributed by atoms with Gasteiger partial charge in [0.25, 0.3) is 11.8 Å². The quantitative estimate of drug-likeness (QED) is 0.194. The largest absolute Gasteiger partial charge is 0.435 e. The highest BCUT2D eigenvalue weighted by atomic mass is 19.4. The summed E-state index contributed by atoms with van der Waals surface area (Å²) in [7, 11) is 0. The molecule has 1 aliphatic rings. The molecule has 2 aromatic carbocycles. The Morgan fingerprint density at radius 1 is 0.955 bits per heavy atom. The van der Waals surface area contributed by atoms with Crippen molar-refractivity contribution in [3.05, 3.63) is 83.2 Å². The van der Waals surface area contributed by atoms with Crippen LogP contribution in [0.2, 0.25) is 0 Å². The molecule has 0 radical (unpaired) electrons. The normalized spacial score (nSPS) is 14.0. The number of carbonyl (C=O) groups is 2. The van der Waals surface area contributed by atoms with Gasteiger partial charge in [-0.25, -0.2) is 13.8 Å². The Bertz CT molecular complexity index is 1520. The third kappa shape index (κ3) is 6.55. The molecule has 3 aromatic rings. The Morgan fingerprint density at radius 2 is 1.61 bits per heavy atom. The summed E-state index contributed by atoms with van der Waals surface area (Å²) >= 11 is 0. The van der Waals surface area contributed by atoms with Crippen LogP contribution in [0.15, 0.2) is 54.7 Å². The number of carbonyl (C=O) groups excluding carboxylic acids is 2. The lowest BCUT2D eigenvalue weighted by molar-refractivity contribution is -0.348. The number of ether oxygens (including phenoxy) is 1. The van der Waals surface area contributed by atoms with Gasteiger partial charge in [0, 0.05) is 18.3 Å². The van der Waals surface area contributed by atoms with E-state index in [1.165, 1.54) is 0 Å². The van der Waals surface area contributed by atoms with E-state index in [9.17, 15) is 53.5 Å².